The number of rotatable bonds is 4. The smallest absolute Gasteiger partial charge is 0.342 e. The first-order valence-electron chi connectivity index (χ1n) is 10.0. The van der Waals surface area contributed by atoms with Crippen LogP contribution in [0.15, 0.2) is 18.2 Å². The van der Waals surface area contributed by atoms with Gasteiger partial charge in [0.1, 0.15) is 17.4 Å². The molecule has 2 aliphatic heterocycles. The Labute approximate surface area is 171 Å². The molecular weight excluding hydrogens is 388 g/mol. The highest BCUT2D eigenvalue weighted by Crippen LogP contribution is 2.46. The van der Waals surface area contributed by atoms with Gasteiger partial charge in [0.15, 0.2) is 19.8 Å². The Hall–Kier alpha value is -2.25. The fourth-order valence-electron chi connectivity index (χ4n) is 3.60. The van der Waals surface area contributed by atoms with Crippen LogP contribution in [-0.2, 0) is 15.6 Å². The van der Waals surface area contributed by atoms with E-state index in [4.69, 9.17) is 18.6 Å². The number of carbonyl (C=O) groups excluding carboxylic acids is 1. The Kier molecular flexibility index (Phi) is 4.78. The molecule has 2 heterocycles. The average Bonchev–Trinajstić information content (AvgIpc) is 3.08. The first-order chi connectivity index (χ1) is 13.6. The van der Waals surface area contributed by atoms with Crippen molar-refractivity contribution >= 4 is 25.1 Å². The molecule has 1 N–H and O–H groups in total. The highest BCUT2D eigenvalue weighted by molar-refractivity contribution is 6.74. The topological polar surface area (TPSA) is 74.2 Å². The van der Waals surface area contributed by atoms with E-state index in [9.17, 15) is 9.90 Å². The van der Waals surface area contributed by atoms with Crippen molar-refractivity contribution in [3.63, 3.8) is 0 Å². The molecule has 0 aliphatic carbocycles. The van der Waals surface area contributed by atoms with Crippen LogP contribution in [0.25, 0.3) is 10.8 Å². The molecule has 0 fully saturated rings. The van der Waals surface area contributed by atoms with E-state index in [0.717, 1.165) is 10.9 Å². The molecule has 1 atom stereocenters. The fourth-order valence-corrected chi connectivity index (χ4v) is 4.66. The molecular formula is C22H28O6Si. The van der Waals surface area contributed by atoms with E-state index >= 15 is 0 Å². The highest BCUT2D eigenvalue weighted by atomic mass is 28.4. The average molecular weight is 417 g/mol. The summed E-state index contributed by atoms with van der Waals surface area (Å²) < 4.78 is 22.7. The summed E-state index contributed by atoms with van der Waals surface area (Å²) in [6.07, 6.45) is 0.933. The largest absolute Gasteiger partial charge is 0.506 e. The number of benzene rings is 2. The van der Waals surface area contributed by atoms with E-state index in [1.807, 2.05) is 18.2 Å². The van der Waals surface area contributed by atoms with Crippen LogP contribution in [0, 0.1) is 0 Å². The number of hydrogen-bond acceptors (Lipinski definition) is 6. The number of phenolic OH excluding ortho intramolecular Hbond substituents is 1. The minimum absolute atomic E-state index is 0.0965. The van der Waals surface area contributed by atoms with E-state index < -0.39 is 14.3 Å². The van der Waals surface area contributed by atoms with Gasteiger partial charge < -0.3 is 23.7 Å². The van der Waals surface area contributed by atoms with Crippen molar-refractivity contribution in [1.29, 1.82) is 0 Å². The molecule has 0 amide bonds. The van der Waals surface area contributed by atoms with Crippen LogP contribution in [0.3, 0.4) is 0 Å². The van der Waals surface area contributed by atoms with Gasteiger partial charge in [-0.25, -0.2) is 4.79 Å². The molecule has 0 spiro atoms. The van der Waals surface area contributed by atoms with Crippen LogP contribution < -0.4 is 9.47 Å². The SMILES string of the molecule is CC(C)(C)[Si](C)(C)OCC[C@@H]1Cc2cc3ccc4c(c3c(O)c2C(=O)O1)OCO4. The van der Waals surface area contributed by atoms with Gasteiger partial charge in [-0.2, -0.15) is 0 Å². The Morgan fingerprint density at radius 3 is 2.72 bits per heavy atom. The molecule has 6 nitrogen and oxygen atoms in total. The molecule has 0 saturated carbocycles. The summed E-state index contributed by atoms with van der Waals surface area (Å²) in [6.45, 7) is 11.7. The molecule has 2 aromatic rings. The number of ether oxygens (including phenoxy) is 3. The first kappa shape index (κ1) is 20.0. The third-order valence-corrected chi connectivity index (χ3v) is 10.9. The molecule has 4 rings (SSSR count). The second-order valence-electron chi connectivity index (χ2n) is 9.29. The molecule has 29 heavy (non-hydrogen) atoms. The predicted molar refractivity (Wildman–Crippen MR) is 112 cm³/mol. The number of phenols is 1. The van der Waals surface area contributed by atoms with Crippen molar-refractivity contribution in [3.8, 4) is 17.2 Å². The minimum atomic E-state index is -1.84. The summed E-state index contributed by atoms with van der Waals surface area (Å²) >= 11 is 0. The number of cyclic esters (lactones) is 1. The van der Waals surface area contributed by atoms with Gasteiger partial charge in [0.05, 0.1) is 5.39 Å². The molecule has 2 aromatic carbocycles. The maximum Gasteiger partial charge on any atom is 0.342 e. The maximum atomic E-state index is 12.7. The summed E-state index contributed by atoms with van der Waals surface area (Å²) in [5, 5.41) is 12.3. The van der Waals surface area contributed by atoms with Crippen molar-refractivity contribution in [2.24, 2.45) is 0 Å². The molecule has 156 valence electrons. The Balaban J connectivity index is 1.56. The predicted octanol–water partition coefficient (Wildman–Crippen LogP) is 4.77. The van der Waals surface area contributed by atoms with Gasteiger partial charge in [0.2, 0.25) is 6.79 Å². The lowest BCUT2D eigenvalue weighted by Crippen LogP contribution is -2.41. The summed E-state index contributed by atoms with van der Waals surface area (Å²) in [4.78, 5) is 12.7. The highest BCUT2D eigenvalue weighted by Gasteiger charge is 2.38. The molecule has 0 unspecified atom stereocenters. The third-order valence-electron chi connectivity index (χ3n) is 6.33. The van der Waals surface area contributed by atoms with Crippen molar-refractivity contribution in [2.45, 2.75) is 57.8 Å². The lowest BCUT2D eigenvalue weighted by Gasteiger charge is -2.36. The summed E-state index contributed by atoms with van der Waals surface area (Å²) in [5.41, 5.74) is 1.02. The van der Waals surface area contributed by atoms with Crippen LogP contribution in [0.4, 0.5) is 0 Å². The fraction of sp³-hybridized carbons (Fsp3) is 0.500. The van der Waals surface area contributed by atoms with Crippen LogP contribution in [0.5, 0.6) is 17.2 Å². The quantitative estimate of drug-likeness (QED) is 0.572. The van der Waals surface area contributed by atoms with Crippen LogP contribution in [0.2, 0.25) is 18.1 Å². The second kappa shape index (κ2) is 6.92. The number of hydrogen-bond donors (Lipinski definition) is 1. The lowest BCUT2D eigenvalue weighted by atomic mass is 9.92. The van der Waals surface area contributed by atoms with Crippen molar-refractivity contribution in [1.82, 2.24) is 0 Å². The molecule has 7 heteroatoms. The lowest BCUT2D eigenvalue weighted by molar-refractivity contribution is 0.0199. The van der Waals surface area contributed by atoms with Crippen molar-refractivity contribution in [2.75, 3.05) is 13.4 Å². The Morgan fingerprint density at radius 1 is 1.24 bits per heavy atom. The van der Waals surface area contributed by atoms with Crippen molar-refractivity contribution in [3.05, 3.63) is 29.3 Å². The van der Waals surface area contributed by atoms with Crippen molar-refractivity contribution < 1.29 is 28.5 Å². The number of aromatic hydroxyl groups is 1. The normalized spacial score (nSPS) is 18.7. The van der Waals surface area contributed by atoms with Crippen LogP contribution in [0.1, 0.15) is 43.1 Å². The zero-order valence-electron chi connectivity index (χ0n) is 17.6. The van der Waals surface area contributed by atoms with E-state index in [2.05, 4.69) is 33.9 Å². The van der Waals surface area contributed by atoms with Gasteiger partial charge in [0.25, 0.3) is 0 Å². The zero-order chi connectivity index (χ0) is 21.0. The minimum Gasteiger partial charge on any atom is -0.506 e. The number of fused-ring (bicyclic) bond motifs is 4. The second-order valence-corrected chi connectivity index (χ2v) is 14.1. The maximum absolute atomic E-state index is 12.7. The van der Waals surface area contributed by atoms with Gasteiger partial charge in [-0.05, 0) is 41.2 Å². The molecule has 0 saturated heterocycles. The Bertz CT molecular complexity index is 976. The van der Waals surface area contributed by atoms with E-state index in [1.54, 1.807) is 0 Å². The van der Waals surface area contributed by atoms with E-state index in [1.165, 1.54) is 0 Å². The van der Waals surface area contributed by atoms with Gasteiger partial charge >= 0.3 is 5.97 Å². The zero-order valence-corrected chi connectivity index (χ0v) is 18.6. The van der Waals surface area contributed by atoms with E-state index in [-0.39, 0.29) is 29.2 Å². The number of esters is 1. The van der Waals surface area contributed by atoms with Gasteiger partial charge in [-0.15, -0.1) is 0 Å². The summed E-state index contributed by atoms with van der Waals surface area (Å²) in [7, 11) is -1.84. The summed E-state index contributed by atoms with van der Waals surface area (Å²) in [6, 6.07) is 5.63. The van der Waals surface area contributed by atoms with Gasteiger partial charge in [-0.3, -0.25) is 0 Å². The van der Waals surface area contributed by atoms with Crippen LogP contribution >= 0.6 is 0 Å². The van der Waals surface area contributed by atoms with E-state index in [0.29, 0.717) is 36.3 Å². The monoisotopic (exact) mass is 416 g/mol. The molecule has 0 bridgehead atoms. The summed E-state index contributed by atoms with van der Waals surface area (Å²) in [5.74, 6) is 0.443. The molecule has 0 aromatic heterocycles. The molecule has 2 aliphatic rings. The molecule has 0 radical (unpaired) electrons. The first-order valence-corrected chi connectivity index (χ1v) is 12.9. The van der Waals surface area contributed by atoms with Crippen LogP contribution in [-0.4, -0.2) is 38.9 Å². The Morgan fingerprint density at radius 2 is 2.00 bits per heavy atom. The standard InChI is InChI=1S/C22H28O6Si/c1-22(2,3)29(4,5)27-9-8-15-11-14-10-13-6-7-16-20(26-12-25-16)17(13)19(23)18(14)21(24)28-15/h6-7,10,15,23H,8-9,11-12H2,1-5H3/t15-/m1/s1. The third kappa shape index (κ3) is 3.46. The number of carbonyl (C=O) groups is 1. The van der Waals surface area contributed by atoms with Gasteiger partial charge in [0, 0.05) is 19.4 Å². The van der Waals surface area contributed by atoms with Gasteiger partial charge in [-0.1, -0.05) is 26.8 Å².